The molecule has 0 spiro atoms. The number of likely N-dealkylation sites (N-methyl/N-ethyl adjacent to an activating group) is 1. The predicted octanol–water partition coefficient (Wildman–Crippen LogP) is 2.31. The number of hydrogen-bond acceptors (Lipinski definition) is 5. The Balaban J connectivity index is 2.15. The predicted molar refractivity (Wildman–Crippen MR) is 87.0 cm³/mol. The molecule has 11 heteroatoms. The minimum absolute atomic E-state index is 0.108. The lowest BCUT2D eigenvalue weighted by Crippen LogP contribution is -2.33. The maximum atomic E-state index is 12.5. The van der Waals surface area contributed by atoms with E-state index in [1.807, 2.05) is 0 Å². The molecule has 0 aliphatic carbocycles. The number of halogens is 3. The smallest absolute Gasteiger partial charge is 0.405 e. The number of hydrogen-bond donors (Lipinski definition) is 0. The van der Waals surface area contributed by atoms with Crippen LogP contribution in [0, 0.1) is 10.1 Å². The van der Waals surface area contributed by atoms with Crippen molar-refractivity contribution >= 4 is 11.6 Å². The number of para-hydroxylation sites is 1. The monoisotopic (exact) mass is 385 g/mol. The highest BCUT2D eigenvalue weighted by Gasteiger charge is 2.32. The van der Waals surface area contributed by atoms with Crippen LogP contribution >= 0.6 is 0 Å². The van der Waals surface area contributed by atoms with Gasteiger partial charge in [0.15, 0.2) is 0 Å². The van der Waals surface area contributed by atoms with Gasteiger partial charge in [0.05, 0.1) is 11.1 Å². The van der Waals surface area contributed by atoms with E-state index in [2.05, 4.69) is 4.74 Å². The van der Waals surface area contributed by atoms with Crippen molar-refractivity contribution in [2.24, 2.45) is 0 Å². The average Bonchev–Trinajstić information content (AvgIpc) is 2.57. The van der Waals surface area contributed by atoms with Crippen LogP contribution < -0.4 is 10.3 Å². The number of aromatic nitrogens is 1. The molecule has 2 rings (SSSR count). The highest BCUT2D eigenvalue weighted by atomic mass is 19.4. The number of pyridine rings is 1. The maximum absolute atomic E-state index is 12.5. The molecule has 1 amide bonds. The molecule has 144 valence electrons. The second-order valence-electron chi connectivity index (χ2n) is 5.52. The number of ether oxygens (including phenoxy) is 1. The summed E-state index contributed by atoms with van der Waals surface area (Å²) < 4.78 is 42.2. The summed E-state index contributed by atoms with van der Waals surface area (Å²) in [6.45, 7) is -0.714. The molecule has 0 N–H and O–H groups in total. The number of alkyl halides is 3. The molecule has 1 aromatic carbocycles. The van der Waals surface area contributed by atoms with E-state index in [0.29, 0.717) is 0 Å². The molecule has 2 aromatic rings. The molecule has 0 saturated carbocycles. The van der Waals surface area contributed by atoms with E-state index in [-0.39, 0.29) is 17.8 Å². The second kappa shape index (κ2) is 7.89. The lowest BCUT2D eigenvalue weighted by Gasteiger charge is -2.20. The van der Waals surface area contributed by atoms with Crippen LogP contribution in [0.4, 0.5) is 18.9 Å². The fourth-order valence-electron chi connectivity index (χ4n) is 2.22. The van der Waals surface area contributed by atoms with Gasteiger partial charge in [-0.05, 0) is 6.07 Å². The Kier molecular flexibility index (Phi) is 5.83. The van der Waals surface area contributed by atoms with Crippen molar-refractivity contribution in [2.45, 2.75) is 19.5 Å². The summed E-state index contributed by atoms with van der Waals surface area (Å²) in [4.78, 5) is 35.2. The molecule has 1 heterocycles. The normalized spacial score (nSPS) is 11.1. The molecule has 0 saturated heterocycles. The van der Waals surface area contributed by atoms with Crippen LogP contribution in [-0.2, 0) is 17.9 Å². The molecule has 0 aliphatic rings. The number of nitro groups is 1. The molecule has 0 atom stereocenters. The highest BCUT2D eigenvalue weighted by Crippen LogP contribution is 2.27. The van der Waals surface area contributed by atoms with E-state index in [4.69, 9.17) is 0 Å². The Bertz CT molecular complexity index is 911. The fraction of sp³-hybridized carbons (Fsp3) is 0.250. The third-order valence-corrected chi connectivity index (χ3v) is 3.52. The zero-order chi connectivity index (χ0) is 20.2. The third kappa shape index (κ3) is 5.56. The summed E-state index contributed by atoms with van der Waals surface area (Å²) in [5.74, 6) is -1.07. The molecule has 0 aliphatic heterocycles. The van der Waals surface area contributed by atoms with Crippen LogP contribution in [0.25, 0.3) is 0 Å². The summed E-state index contributed by atoms with van der Waals surface area (Å²) in [6.07, 6.45) is -3.95. The first kappa shape index (κ1) is 19.9. The largest absolute Gasteiger partial charge is 0.573 e. The van der Waals surface area contributed by atoms with E-state index in [1.54, 1.807) is 0 Å². The Morgan fingerprint density at radius 3 is 2.56 bits per heavy atom. The van der Waals surface area contributed by atoms with Gasteiger partial charge in [-0.2, -0.15) is 0 Å². The molecular formula is C16H14F3N3O5. The maximum Gasteiger partial charge on any atom is 0.573 e. The first-order valence-corrected chi connectivity index (χ1v) is 7.49. The fourth-order valence-corrected chi connectivity index (χ4v) is 2.22. The van der Waals surface area contributed by atoms with Crippen LogP contribution in [-0.4, -0.2) is 33.7 Å². The van der Waals surface area contributed by atoms with Crippen molar-refractivity contribution < 1.29 is 27.6 Å². The van der Waals surface area contributed by atoms with Gasteiger partial charge in [-0.3, -0.25) is 24.3 Å². The summed E-state index contributed by atoms with van der Waals surface area (Å²) in [7, 11) is 1.33. The van der Waals surface area contributed by atoms with Gasteiger partial charge >= 0.3 is 6.36 Å². The SMILES string of the molecule is CN(Cc1ccccc1OC(F)(F)F)C(=O)Cn1cc([N+](=O)[O-])ccc1=O. The summed E-state index contributed by atoms with van der Waals surface area (Å²) in [5, 5.41) is 10.8. The van der Waals surface area contributed by atoms with Crippen LogP contribution in [0.3, 0.4) is 0 Å². The van der Waals surface area contributed by atoms with Gasteiger partial charge in [0.25, 0.3) is 11.2 Å². The van der Waals surface area contributed by atoms with Crippen LogP contribution in [0.5, 0.6) is 5.75 Å². The van der Waals surface area contributed by atoms with Gasteiger partial charge in [-0.1, -0.05) is 18.2 Å². The summed E-state index contributed by atoms with van der Waals surface area (Å²) in [6, 6.07) is 7.29. The van der Waals surface area contributed by atoms with Gasteiger partial charge in [-0.15, -0.1) is 13.2 Å². The average molecular weight is 385 g/mol. The zero-order valence-electron chi connectivity index (χ0n) is 14.0. The summed E-state index contributed by atoms with van der Waals surface area (Å²) >= 11 is 0. The lowest BCUT2D eigenvalue weighted by molar-refractivity contribution is -0.385. The van der Waals surface area contributed by atoms with Crippen molar-refractivity contribution in [2.75, 3.05) is 7.05 Å². The van der Waals surface area contributed by atoms with Gasteiger partial charge in [0.1, 0.15) is 12.3 Å². The van der Waals surface area contributed by atoms with Gasteiger partial charge < -0.3 is 9.64 Å². The Morgan fingerprint density at radius 2 is 1.93 bits per heavy atom. The van der Waals surface area contributed by atoms with Gasteiger partial charge in [0, 0.05) is 31.3 Å². The Hall–Kier alpha value is -3.37. The van der Waals surface area contributed by atoms with E-state index < -0.39 is 35.0 Å². The molecule has 0 unspecified atom stereocenters. The standard InChI is InChI=1S/C16H14F3N3O5/c1-20(8-11-4-2-3-5-13(11)27-16(17,18)19)15(24)10-21-9-12(22(25)26)6-7-14(21)23/h2-7,9H,8,10H2,1H3. The molecule has 0 radical (unpaired) electrons. The highest BCUT2D eigenvalue weighted by molar-refractivity contribution is 5.75. The topological polar surface area (TPSA) is 94.7 Å². The molecule has 8 nitrogen and oxygen atoms in total. The number of rotatable bonds is 6. The molecule has 1 aromatic heterocycles. The van der Waals surface area contributed by atoms with Crippen molar-refractivity contribution in [1.82, 2.24) is 9.47 Å². The number of carbonyl (C=O) groups excluding carboxylic acids is 1. The number of carbonyl (C=O) groups is 1. The first-order chi connectivity index (χ1) is 12.6. The summed E-state index contributed by atoms with van der Waals surface area (Å²) in [5.41, 5.74) is -0.880. The third-order valence-electron chi connectivity index (χ3n) is 3.52. The molecular weight excluding hydrogens is 371 g/mol. The number of nitrogens with zero attached hydrogens (tertiary/aromatic N) is 3. The van der Waals surface area contributed by atoms with E-state index in [0.717, 1.165) is 33.9 Å². The first-order valence-electron chi connectivity index (χ1n) is 7.49. The van der Waals surface area contributed by atoms with E-state index in [1.165, 1.54) is 25.2 Å². The lowest BCUT2D eigenvalue weighted by atomic mass is 10.2. The molecule has 0 bridgehead atoms. The Morgan fingerprint density at radius 1 is 1.26 bits per heavy atom. The van der Waals surface area contributed by atoms with E-state index >= 15 is 0 Å². The minimum atomic E-state index is -4.88. The van der Waals surface area contributed by atoms with Crippen LogP contribution in [0.1, 0.15) is 5.56 Å². The van der Waals surface area contributed by atoms with Crippen LogP contribution in [0.15, 0.2) is 47.4 Å². The Labute approximate surface area is 150 Å². The van der Waals surface area contributed by atoms with Crippen molar-refractivity contribution in [3.05, 3.63) is 68.6 Å². The number of benzene rings is 1. The minimum Gasteiger partial charge on any atom is -0.405 e. The quantitative estimate of drug-likeness (QED) is 0.562. The van der Waals surface area contributed by atoms with Gasteiger partial charge in [0.2, 0.25) is 5.91 Å². The van der Waals surface area contributed by atoms with Gasteiger partial charge in [-0.25, -0.2) is 0 Å². The zero-order valence-corrected chi connectivity index (χ0v) is 14.0. The van der Waals surface area contributed by atoms with Crippen LogP contribution in [0.2, 0.25) is 0 Å². The van der Waals surface area contributed by atoms with Crippen molar-refractivity contribution in [1.29, 1.82) is 0 Å². The van der Waals surface area contributed by atoms with Crippen molar-refractivity contribution in [3.8, 4) is 5.75 Å². The van der Waals surface area contributed by atoms with E-state index in [9.17, 15) is 32.9 Å². The van der Waals surface area contributed by atoms with Crippen molar-refractivity contribution in [3.63, 3.8) is 0 Å². The second-order valence-corrected chi connectivity index (χ2v) is 5.52. The molecule has 0 fully saturated rings. The molecule has 27 heavy (non-hydrogen) atoms. The number of amides is 1.